The van der Waals surface area contributed by atoms with Gasteiger partial charge in [-0.2, -0.15) is 0 Å². The molecule has 1 aliphatic rings. The molecular formula is C13H25N5. The van der Waals surface area contributed by atoms with Crippen molar-refractivity contribution in [1.82, 2.24) is 25.2 Å². The van der Waals surface area contributed by atoms with Crippen molar-refractivity contribution in [1.29, 1.82) is 0 Å². The van der Waals surface area contributed by atoms with Crippen molar-refractivity contribution in [3.05, 3.63) is 11.9 Å². The largest absolute Gasteiger partial charge is 0.311 e. The van der Waals surface area contributed by atoms with Crippen LogP contribution >= 0.6 is 0 Å². The molecule has 2 heterocycles. The van der Waals surface area contributed by atoms with Gasteiger partial charge in [-0.15, -0.1) is 5.10 Å². The first-order valence-corrected chi connectivity index (χ1v) is 7.14. The number of hydrogen-bond donors (Lipinski definition) is 1. The van der Waals surface area contributed by atoms with Crippen molar-refractivity contribution in [3.8, 4) is 0 Å². The number of aryl methyl sites for hydroxylation is 1. The van der Waals surface area contributed by atoms with E-state index in [4.69, 9.17) is 0 Å². The first kappa shape index (κ1) is 13.5. The Hall–Kier alpha value is -0.940. The van der Waals surface area contributed by atoms with Crippen molar-refractivity contribution >= 4 is 0 Å². The zero-order valence-corrected chi connectivity index (χ0v) is 11.6. The van der Waals surface area contributed by atoms with Crippen LogP contribution in [0.3, 0.4) is 0 Å². The predicted molar refractivity (Wildman–Crippen MR) is 72.2 cm³/mol. The van der Waals surface area contributed by atoms with Crippen LogP contribution in [-0.4, -0.2) is 46.1 Å². The lowest BCUT2D eigenvalue weighted by atomic mass is 9.97. The molecule has 2 rings (SSSR count). The fourth-order valence-electron chi connectivity index (χ4n) is 2.59. The summed E-state index contributed by atoms with van der Waals surface area (Å²) in [5.74, 6) is 0.832. The maximum Gasteiger partial charge on any atom is 0.0738 e. The van der Waals surface area contributed by atoms with Crippen LogP contribution in [0.25, 0.3) is 0 Å². The van der Waals surface area contributed by atoms with Gasteiger partial charge in [-0.05, 0) is 51.9 Å². The van der Waals surface area contributed by atoms with Crippen LogP contribution in [0.5, 0.6) is 0 Å². The van der Waals surface area contributed by atoms with Crippen LogP contribution in [0.4, 0.5) is 0 Å². The Morgan fingerprint density at radius 1 is 1.28 bits per heavy atom. The summed E-state index contributed by atoms with van der Waals surface area (Å²) in [7, 11) is 0. The average molecular weight is 251 g/mol. The van der Waals surface area contributed by atoms with Gasteiger partial charge >= 0.3 is 0 Å². The van der Waals surface area contributed by atoms with Gasteiger partial charge in [0.2, 0.25) is 0 Å². The lowest BCUT2D eigenvalue weighted by Crippen LogP contribution is -2.37. The lowest BCUT2D eigenvalue weighted by Gasteiger charge is -2.31. The molecule has 1 aromatic heterocycles. The number of nitrogens with one attached hydrogen (secondary N) is 1. The van der Waals surface area contributed by atoms with Crippen LogP contribution in [0, 0.1) is 5.92 Å². The number of likely N-dealkylation sites (tertiary alicyclic amines) is 1. The maximum absolute atomic E-state index is 4.04. The Balaban J connectivity index is 1.67. The Kier molecular flexibility index (Phi) is 5.13. The molecule has 0 radical (unpaired) electrons. The molecule has 0 spiro atoms. The zero-order valence-electron chi connectivity index (χ0n) is 11.6. The summed E-state index contributed by atoms with van der Waals surface area (Å²) in [6, 6.07) is 0. The fraction of sp³-hybridized carbons (Fsp3) is 0.846. The van der Waals surface area contributed by atoms with E-state index in [0.717, 1.165) is 25.6 Å². The summed E-state index contributed by atoms with van der Waals surface area (Å²) in [5.41, 5.74) is 1.18. The number of piperidine rings is 1. The third-order valence-electron chi connectivity index (χ3n) is 3.89. The van der Waals surface area contributed by atoms with E-state index in [0.29, 0.717) is 0 Å². The van der Waals surface area contributed by atoms with E-state index in [9.17, 15) is 0 Å². The Morgan fingerprint density at radius 2 is 2.06 bits per heavy atom. The molecule has 5 heteroatoms. The Bertz CT molecular complexity index is 341. The van der Waals surface area contributed by atoms with Gasteiger partial charge in [0.15, 0.2) is 0 Å². The number of nitrogens with zero attached hydrogens (tertiary/aromatic N) is 4. The molecule has 0 unspecified atom stereocenters. The molecule has 1 aromatic rings. The summed E-state index contributed by atoms with van der Waals surface area (Å²) < 4.78 is 1.95. The van der Waals surface area contributed by atoms with Crippen molar-refractivity contribution in [2.24, 2.45) is 5.92 Å². The van der Waals surface area contributed by atoms with E-state index in [-0.39, 0.29) is 0 Å². The number of aromatic nitrogens is 3. The third-order valence-corrected chi connectivity index (χ3v) is 3.89. The third kappa shape index (κ3) is 3.53. The Labute approximate surface area is 110 Å². The van der Waals surface area contributed by atoms with E-state index in [1.807, 2.05) is 10.9 Å². The first-order chi connectivity index (χ1) is 8.83. The van der Waals surface area contributed by atoms with E-state index < -0.39 is 0 Å². The predicted octanol–water partition coefficient (Wildman–Crippen LogP) is 1.12. The first-order valence-electron chi connectivity index (χ1n) is 7.14. The molecule has 1 fully saturated rings. The summed E-state index contributed by atoms with van der Waals surface area (Å²) in [5, 5.41) is 11.5. The molecule has 1 saturated heterocycles. The van der Waals surface area contributed by atoms with Gasteiger partial charge in [0.25, 0.3) is 0 Å². The summed E-state index contributed by atoms with van der Waals surface area (Å²) in [4.78, 5) is 2.53. The average Bonchev–Trinajstić information content (AvgIpc) is 2.87. The SMILES string of the molecule is CCN1CCC(CNCc2cnnn2CC)CC1. The summed E-state index contributed by atoms with van der Waals surface area (Å²) in [6.07, 6.45) is 4.51. The van der Waals surface area contributed by atoms with Gasteiger partial charge in [0.05, 0.1) is 11.9 Å². The monoisotopic (exact) mass is 251 g/mol. The number of hydrogen-bond acceptors (Lipinski definition) is 4. The lowest BCUT2D eigenvalue weighted by molar-refractivity contribution is 0.190. The Morgan fingerprint density at radius 3 is 2.72 bits per heavy atom. The van der Waals surface area contributed by atoms with Gasteiger partial charge < -0.3 is 10.2 Å². The van der Waals surface area contributed by atoms with Crippen LogP contribution in [0.2, 0.25) is 0 Å². The molecule has 0 bridgehead atoms. The second-order valence-electron chi connectivity index (χ2n) is 5.05. The minimum atomic E-state index is 0.832. The maximum atomic E-state index is 4.04. The molecule has 0 saturated carbocycles. The van der Waals surface area contributed by atoms with Crippen LogP contribution in [0.15, 0.2) is 6.20 Å². The minimum absolute atomic E-state index is 0.832. The van der Waals surface area contributed by atoms with Gasteiger partial charge in [0.1, 0.15) is 0 Å². The molecule has 102 valence electrons. The van der Waals surface area contributed by atoms with Crippen LogP contribution in [-0.2, 0) is 13.1 Å². The van der Waals surface area contributed by atoms with Crippen molar-refractivity contribution < 1.29 is 0 Å². The van der Waals surface area contributed by atoms with E-state index in [1.54, 1.807) is 0 Å². The standard InChI is InChI=1S/C13H25N5/c1-3-17-7-5-12(6-8-17)9-14-10-13-11-15-16-18(13)4-2/h11-12,14H,3-10H2,1-2H3. The van der Waals surface area contributed by atoms with Crippen molar-refractivity contribution in [3.63, 3.8) is 0 Å². The second kappa shape index (κ2) is 6.85. The van der Waals surface area contributed by atoms with E-state index >= 15 is 0 Å². The fourth-order valence-corrected chi connectivity index (χ4v) is 2.59. The molecule has 1 N–H and O–H groups in total. The molecule has 0 atom stereocenters. The molecule has 18 heavy (non-hydrogen) atoms. The highest BCUT2D eigenvalue weighted by atomic mass is 15.4. The van der Waals surface area contributed by atoms with Crippen LogP contribution < -0.4 is 5.32 Å². The number of rotatable bonds is 6. The quantitative estimate of drug-likeness (QED) is 0.823. The molecule has 0 amide bonds. The molecular weight excluding hydrogens is 226 g/mol. The van der Waals surface area contributed by atoms with Gasteiger partial charge in [0, 0.05) is 13.1 Å². The van der Waals surface area contributed by atoms with Crippen molar-refractivity contribution in [2.45, 2.75) is 39.8 Å². The molecule has 0 aromatic carbocycles. The van der Waals surface area contributed by atoms with Crippen molar-refractivity contribution in [2.75, 3.05) is 26.2 Å². The van der Waals surface area contributed by atoms with Gasteiger partial charge in [-0.25, -0.2) is 4.68 Å². The normalized spacial score (nSPS) is 18.3. The minimum Gasteiger partial charge on any atom is -0.311 e. The topological polar surface area (TPSA) is 46.0 Å². The molecule has 1 aliphatic heterocycles. The van der Waals surface area contributed by atoms with Crippen LogP contribution in [0.1, 0.15) is 32.4 Å². The molecule has 0 aliphatic carbocycles. The van der Waals surface area contributed by atoms with E-state index in [1.165, 1.54) is 38.2 Å². The van der Waals surface area contributed by atoms with E-state index in [2.05, 4.69) is 34.4 Å². The zero-order chi connectivity index (χ0) is 12.8. The summed E-state index contributed by atoms with van der Waals surface area (Å²) in [6.45, 7) is 11.0. The van der Waals surface area contributed by atoms with Gasteiger partial charge in [-0.3, -0.25) is 0 Å². The highest BCUT2D eigenvalue weighted by molar-refractivity contribution is 4.93. The van der Waals surface area contributed by atoms with Gasteiger partial charge in [-0.1, -0.05) is 12.1 Å². The highest BCUT2D eigenvalue weighted by Crippen LogP contribution is 2.15. The highest BCUT2D eigenvalue weighted by Gasteiger charge is 2.17. The molecule has 5 nitrogen and oxygen atoms in total. The second-order valence-corrected chi connectivity index (χ2v) is 5.05. The smallest absolute Gasteiger partial charge is 0.0738 e. The summed E-state index contributed by atoms with van der Waals surface area (Å²) >= 11 is 0.